The van der Waals surface area contributed by atoms with Crippen LogP contribution in [-0.4, -0.2) is 55.1 Å². The quantitative estimate of drug-likeness (QED) is 0.899. The zero-order valence-electron chi connectivity index (χ0n) is 14.3. The number of piperazine rings is 1. The van der Waals surface area contributed by atoms with Gasteiger partial charge in [-0.3, -0.25) is 4.90 Å². The molecule has 1 aromatic carbocycles. The first-order chi connectivity index (χ1) is 10.0. The molecule has 1 aliphatic heterocycles. The minimum Gasteiger partial charge on any atom is -0.309 e. The first kappa shape index (κ1) is 16.5. The number of aryl methyl sites for hydroxylation is 1. The molecule has 3 nitrogen and oxygen atoms in total. The molecule has 1 aromatic rings. The second-order valence-electron chi connectivity index (χ2n) is 6.54. The van der Waals surface area contributed by atoms with Gasteiger partial charge < -0.3 is 10.2 Å². The van der Waals surface area contributed by atoms with E-state index in [2.05, 4.69) is 74.1 Å². The summed E-state index contributed by atoms with van der Waals surface area (Å²) in [5.41, 5.74) is 2.73. The average molecular weight is 289 g/mol. The third-order valence-electron chi connectivity index (χ3n) is 4.75. The lowest BCUT2D eigenvalue weighted by atomic mass is 9.96. The van der Waals surface area contributed by atoms with Crippen LogP contribution >= 0.6 is 0 Å². The zero-order chi connectivity index (χ0) is 15.4. The topological polar surface area (TPSA) is 18.5 Å². The molecule has 0 bridgehead atoms. The fraction of sp³-hybridized carbons (Fsp3) is 0.667. The van der Waals surface area contributed by atoms with Crippen molar-refractivity contribution in [3.05, 3.63) is 35.4 Å². The summed E-state index contributed by atoms with van der Waals surface area (Å²) in [6.45, 7) is 13.6. The normalized spacial score (nSPS) is 24.0. The molecular formula is C18H31N3. The maximum atomic E-state index is 3.69. The van der Waals surface area contributed by atoms with Gasteiger partial charge in [-0.15, -0.1) is 0 Å². The van der Waals surface area contributed by atoms with Crippen LogP contribution in [0.1, 0.15) is 37.9 Å². The van der Waals surface area contributed by atoms with Gasteiger partial charge in [-0.2, -0.15) is 0 Å². The Morgan fingerprint density at radius 1 is 1.24 bits per heavy atom. The highest BCUT2D eigenvalue weighted by Gasteiger charge is 2.30. The van der Waals surface area contributed by atoms with Crippen LogP contribution in [0.15, 0.2) is 24.3 Å². The molecule has 1 saturated heterocycles. The molecule has 0 aliphatic carbocycles. The lowest BCUT2D eigenvalue weighted by molar-refractivity contribution is 0.0521. The number of hydrogen-bond acceptors (Lipinski definition) is 3. The Labute approximate surface area is 130 Å². The summed E-state index contributed by atoms with van der Waals surface area (Å²) in [6.07, 6.45) is 0. The molecular weight excluding hydrogens is 258 g/mol. The Bertz CT molecular complexity index is 429. The lowest BCUT2D eigenvalue weighted by Crippen LogP contribution is -2.56. The first-order valence-corrected chi connectivity index (χ1v) is 8.27. The van der Waals surface area contributed by atoms with Gasteiger partial charge in [-0.05, 0) is 39.9 Å². The van der Waals surface area contributed by atoms with Crippen LogP contribution in [0.2, 0.25) is 0 Å². The standard InChI is InChI=1S/C18H31N3/c1-6-19-18(17-9-7-14(2)8-10-17)16(4)21-12-11-20(5)13-15(21)3/h7-10,15-16,18-19H,6,11-13H2,1-5H3. The summed E-state index contributed by atoms with van der Waals surface area (Å²) in [5, 5.41) is 3.69. The summed E-state index contributed by atoms with van der Waals surface area (Å²) < 4.78 is 0. The largest absolute Gasteiger partial charge is 0.309 e. The molecule has 3 unspecified atom stereocenters. The summed E-state index contributed by atoms with van der Waals surface area (Å²) in [6, 6.07) is 10.5. The Kier molecular flexibility index (Phi) is 5.80. The molecule has 0 saturated carbocycles. The molecule has 3 heteroatoms. The van der Waals surface area contributed by atoms with Gasteiger partial charge in [0.1, 0.15) is 0 Å². The van der Waals surface area contributed by atoms with Gasteiger partial charge in [0, 0.05) is 37.8 Å². The predicted octanol–water partition coefficient (Wildman–Crippen LogP) is 2.67. The van der Waals surface area contributed by atoms with Gasteiger partial charge in [0.2, 0.25) is 0 Å². The van der Waals surface area contributed by atoms with Crippen LogP contribution in [0.4, 0.5) is 0 Å². The van der Waals surface area contributed by atoms with Crippen LogP contribution in [0.3, 0.4) is 0 Å². The maximum absolute atomic E-state index is 3.69. The van der Waals surface area contributed by atoms with E-state index in [1.165, 1.54) is 17.7 Å². The first-order valence-electron chi connectivity index (χ1n) is 8.27. The zero-order valence-corrected chi connectivity index (χ0v) is 14.3. The van der Waals surface area contributed by atoms with E-state index in [4.69, 9.17) is 0 Å². The van der Waals surface area contributed by atoms with E-state index in [0.29, 0.717) is 18.1 Å². The Balaban J connectivity index is 2.15. The maximum Gasteiger partial charge on any atom is 0.0475 e. The summed E-state index contributed by atoms with van der Waals surface area (Å²) in [5.74, 6) is 0. The van der Waals surface area contributed by atoms with Crippen LogP contribution < -0.4 is 5.32 Å². The monoisotopic (exact) mass is 289 g/mol. The van der Waals surface area contributed by atoms with E-state index in [1.54, 1.807) is 0 Å². The highest BCUT2D eigenvalue weighted by molar-refractivity contribution is 5.25. The number of nitrogens with zero attached hydrogens (tertiary/aromatic N) is 2. The SMILES string of the molecule is CCNC(c1ccc(C)cc1)C(C)N1CCN(C)CC1C. The molecule has 1 aliphatic rings. The Morgan fingerprint density at radius 3 is 2.48 bits per heavy atom. The molecule has 3 atom stereocenters. The molecule has 1 N–H and O–H groups in total. The lowest BCUT2D eigenvalue weighted by Gasteiger charge is -2.44. The second-order valence-corrected chi connectivity index (χ2v) is 6.54. The molecule has 2 rings (SSSR count). The number of benzene rings is 1. The van der Waals surface area contributed by atoms with Gasteiger partial charge in [0.25, 0.3) is 0 Å². The summed E-state index contributed by atoms with van der Waals surface area (Å²) in [7, 11) is 2.22. The minimum absolute atomic E-state index is 0.404. The van der Waals surface area contributed by atoms with Gasteiger partial charge in [-0.25, -0.2) is 0 Å². The highest BCUT2D eigenvalue weighted by atomic mass is 15.3. The second kappa shape index (κ2) is 7.39. The molecule has 0 spiro atoms. The van der Waals surface area contributed by atoms with Gasteiger partial charge in [0.05, 0.1) is 0 Å². The molecule has 1 fully saturated rings. The van der Waals surface area contributed by atoms with Gasteiger partial charge in [-0.1, -0.05) is 36.8 Å². The number of hydrogen-bond donors (Lipinski definition) is 1. The Morgan fingerprint density at radius 2 is 1.90 bits per heavy atom. The molecule has 118 valence electrons. The summed E-state index contributed by atoms with van der Waals surface area (Å²) >= 11 is 0. The van der Waals surface area contributed by atoms with Crippen LogP contribution in [0, 0.1) is 6.92 Å². The van der Waals surface area contributed by atoms with Crippen molar-refractivity contribution in [2.45, 2.75) is 45.8 Å². The number of rotatable bonds is 5. The fourth-order valence-electron chi connectivity index (χ4n) is 3.51. The van der Waals surface area contributed by atoms with Crippen molar-refractivity contribution in [2.24, 2.45) is 0 Å². The van der Waals surface area contributed by atoms with E-state index in [1.807, 2.05) is 0 Å². The van der Waals surface area contributed by atoms with E-state index >= 15 is 0 Å². The van der Waals surface area contributed by atoms with Crippen molar-refractivity contribution < 1.29 is 0 Å². The Hall–Kier alpha value is -0.900. The smallest absolute Gasteiger partial charge is 0.0475 e. The van der Waals surface area contributed by atoms with Crippen molar-refractivity contribution in [1.82, 2.24) is 15.1 Å². The fourth-order valence-corrected chi connectivity index (χ4v) is 3.51. The predicted molar refractivity (Wildman–Crippen MR) is 90.7 cm³/mol. The van der Waals surface area contributed by atoms with Crippen molar-refractivity contribution in [2.75, 3.05) is 33.2 Å². The third kappa shape index (κ3) is 4.06. The molecule has 1 heterocycles. The van der Waals surface area contributed by atoms with Crippen molar-refractivity contribution in [3.63, 3.8) is 0 Å². The van der Waals surface area contributed by atoms with Crippen molar-refractivity contribution in [1.29, 1.82) is 0 Å². The highest BCUT2D eigenvalue weighted by Crippen LogP contribution is 2.24. The van der Waals surface area contributed by atoms with Gasteiger partial charge in [0.15, 0.2) is 0 Å². The van der Waals surface area contributed by atoms with E-state index < -0.39 is 0 Å². The van der Waals surface area contributed by atoms with Crippen molar-refractivity contribution >= 4 is 0 Å². The van der Waals surface area contributed by atoms with Crippen LogP contribution in [0.25, 0.3) is 0 Å². The molecule has 21 heavy (non-hydrogen) atoms. The van der Waals surface area contributed by atoms with E-state index in [0.717, 1.165) is 19.6 Å². The van der Waals surface area contributed by atoms with Crippen molar-refractivity contribution in [3.8, 4) is 0 Å². The number of nitrogens with one attached hydrogen (secondary N) is 1. The summed E-state index contributed by atoms with van der Waals surface area (Å²) in [4.78, 5) is 5.09. The third-order valence-corrected chi connectivity index (χ3v) is 4.75. The molecule has 0 amide bonds. The number of likely N-dealkylation sites (N-methyl/N-ethyl adjacent to an activating group) is 2. The van der Waals surface area contributed by atoms with Crippen LogP contribution in [-0.2, 0) is 0 Å². The molecule has 0 radical (unpaired) electrons. The minimum atomic E-state index is 0.404. The van der Waals surface area contributed by atoms with E-state index in [-0.39, 0.29) is 0 Å². The molecule has 0 aromatic heterocycles. The van der Waals surface area contributed by atoms with Gasteiger partial charge >= 0.3 is 0 Å². The van der Waals surface area contributed by atoms with E-state index in [9.17, 15) is 0 Å². The average Bonchev–Trinajstić information content (AvgIpc) is 2.45. The van der Waals surface area contributed by atoms with Crippen LogP contribution in [0.5, 0.6) is 0 Å².